The number of aromatic nitrogens is 4. The first-order valence-corrected chi connectivity index (χ1v) is 7.46. The maximum absolute atomic E-state index is 12.1. The van der Waals surface area contributed by atoms with Crippen LogP contribution in [0.1, 0.15) is 24.1 Å². The van der Waals surface area contributed by atoms with Crippen molar-refractivity contribution < 1.29 is 0 Å². The first-order valence-electron chi connectivity index (χ1n) is 5.87. The molecule has 0 saturated carbocycles. The van der Waals surface area contributed by atoms with Gasteiger partial charge in [-0.05, 0) is 45.2 Å². The van der Waals surface area contributed by atoms with Crippen LogP contribution in [0.15, 0.2) is 19.9 Å². The maximum atomic E-state index is 12.1. The maximum Gasteiger partial charge on any atom is 0.268 e. The lowest BCUT2D eigenvalue weighted by Crippen LogP contribution is -2.25. The molecule has 0 aliphatic carbocycles. The molecule has 0 spiro atoms. The fourth-order valence-electron chi connectivity index (χ4n) is 1.88. The molecule has 19 heavy (non-hydrogen) atoms. The summed E-state index contributed by atoms with van der Waals surface area (Å²) in [7, 11) is 1.88. The molecule has 2 aromatic rings. The molecule has 0 aliphatic rings. The van der Waals surface area contributed by atoms with E-state index in [2.05, 4.69) is 48.9 Å². The van der Waals surface area contributed by atoms with Crippen molar-refractivity contribution in [3.63, 3.8) is 0 Å². The molecule has 0 saturated heterocycles. The van der Waals surface area contributed by atoms with E-state index in [1.54, 1.807) is 9.25 Å². The molecule has 2 aromatic heterocycles. The molecule has 0 radical (unpaired) electrons. The van der Waals surface area contributed by atoms with Crippen LogP contribution in [-0.4, -0.2) is 19.3 Å². The number of aryl methyl sites for hydroxylation is 3. The molecule has 0 bridgehead atoms. The highest BCUT2D eigenvalue weighted by Crippen LogP contribution is 2.22. The third-order valence-corrected chi connectivity index (χ3v) is 4.47. The first-order chi connectivity index (χ1) is 8.95. The van der Waals surface area contributed by atoms with Crippen LogP contribution in [0, 0.1) is 6.92 Å². The number of nitrogens with zero attached hydrogens (tertiary/aromatic N) is 4. The zero-order valence-electron chi connectivity index (χ0n) is 10.9. The van der Waals surface area contributed by atoms with E-state index in [0.717, 1.165) is 22.3 Å². The quantitative estimate of drug-likeness (QED) is 0.809. The number of halogens is 2. The highest BCUT2D eigenvalue weighted by molar-refractivity contribution is 9.10. The molecule has 2 heterocycles. The van der Waals surface area contributed by atoms with Crippen molar-refractivity contribution in [1.82, 2.24) is 19.3 Å². The minimum absolute atomic E-state index is 0.0846. The number of hydrogen-bond acceptors (Lipinski definition) is 3. The summed E-state index contributed by atoms with van der Waals surface area (Å²) in [5, 5.41) is 4.43. The average molecular weight is 390 g/mol. The van der Waals surface area contributed by atoms with Crippen LogP contribution in [0.2, 0.25) is 0 Å². The molecule has 5 nitrogen and oxygen atoms in total. The van der Waals surface area contributed by atoms with Crippen LogP contribution in [-0.2, 0) is 20.0 Å². The largest absolute Gasteiger partial charge is 0.290 e. The van der Waals surface area contributed by atoms with Crippen molar-refractivity contribution in [3.8, 4) is 0 Å². The van der Waals surface area contributed by atoms with Gasteiger partial charge in [-0.1, -0.05) is 6.92 Å². The van der Waals surface area contributed by atoms with Crippen LogP contribution in [0.5, 0.6) is 0 Å². The summed E-state index contributed by atoms with van der Waals surface area (Å²) >= 11 is 6.78. The minimum Gasteiger partial charge on any atom is -0.290 e. The van der Waals surface area contributed by atoms with Crippen LogP contribution < -0.4 is 5.56 Å². The lowest BCUT2D eigenvalue weighted by molar-refractivity contribution is 0.624. The summed E-state index contributed by atoms with van der Waals surface area (Å²) in [5.41, 5.74) is 1.87. The van der Waals surface area contributed by atoms with E-state index in [-0.39, 0.29) is 5.56 Å². The second kappa shape index (κ2) is 5.58. The van der Waals surface area contributed by atoms with Gasteiger partial charge in [-0.15, -0.1) is 0 Å². The summed E-state index contributed by atoms with van der Waals surface area (Å²) in [5.74, 6) is 0.680. The fraction of sp³-hybridized carbons (Fsp3) is 0.417. The van der Waals surface area contributed by atoms with E-state index in [4.69, 9.17) is 0 Å². The Balaban J connectivity index is 2.51. The van der Waals surface area contributed by atoms with E-state index < -0.39 is 0 Å². The topological polar surface area (TPSA) is 52.7 Å². The molecule has 0 fully saturated rings. The van der Waals surface area contributed by atoms with E-state index in [1.807, 2.05) is 14.0 Å². The van der Waals surface area contributed by atoms with Crippen molar-refractivity contribution in [3.05, 3.63) is 42.7 Å². The van der Waals surface area contributed by atoms with Crippen molar-refractivity contribution in [2.45, 2.75) is 26.8 Å². The van der Waals surface area contributed by atoms with Crippen LogP contribution in [0.25, 0.3) is 0 Å². The average Bonchev–Trinajstić information content (AvgIpc) is 2.65. The van der Waals surface area contributed by atoms with Crippen molar-refractivity contribution in [2.24, 2.45) is 7.05 Å². The smallest absolute Gasteiger partial charge is 0.268 e. The first kappa shape index (κ1) is 14.5. The second-order valence-corrected chi connectivity index (χ2v) is 5.88. The van der Waals surface area contributed by atoms with E-state index in [1.165, 1.54) is 6.20 Å². The van der Waals surface area contributed by atoms with Crippen molar-refractivity contribution >= 4 is 31.9 Å². The molecule has 0 aromatic carbocycles. The van der Waals surface area contributed by atoms with Gasteiger partial charge < -0.3 is 0 Å². The van der Waals surface area contributed by atoms with Gasteiger partial charge in [-0.2, -0.15) is 5.10 Å². The summed E-state index contributed by atoms with van der Waals surface area (Å²) in [4.78, 5) is 16.3. The van der Waals surface area contributed by atoms with Crippen LogP contribution >= 0.6 is 31.9 Å². The molecular formula is C12H14Br2N4O. The van der Waals surface area contributed by atoms with Crippen LogP contribution in [0.3, 0.4) is 0 Å². The van der Waals surface area contributed by atoms with Crippen molar-refractivity contribution in [1.29, 1.82) is 0 Å². The zero-order valence-corrected chi connectivity index (χ0v) is 14.1. The normalized spacial score (nSPS) is 11.0. The Morgan fingerprint density at radius 1 is 1.37 bits per heavy atom. The summed E-state index contributed by atoms with van der Waals surface area (Å²) in [6.07, 6.45) is 2.38. The SMILES string of the molecule is CCc1nn(C)c(Cn2c(C)ncc(Br)c2=O)c1Br. The third kappa shape index (κ3) is 2.67. The number of hydrogen-bond donors (Lipinski definition) is 0. The molecule has 0 unspecified atom stereocenters. The Hall–Kier alpha value is -0.950. The molecule has 0 amide bonds. The predicted octanol–water partition coefficient (Wildman–Crippen LogP) is 2.42. The lowest BCUT2D eigenvalue weighted by Gasteiger charge is -2.10. The standard InChI is InChI=1S/C12H14Br2N4O/c1-4-9-11(14)10(17(3)16-9)6-18-7(2)15-5-8(13)12(18)19/h5H,4,6H2,1-3H3. The molecule has 0 N–H and O–H groups in total. The Labute approximate surface area is 127 Å². The van der Waals surface area contributed by atoms with E-state index in [0.29, 0.717) is 16.8 Å². The summed E-state index contributed by atoms with van der Waals surface area (Å²) < 4.78 is 4.86. The Kier molecular flexibility index (Phi) is 4.25. The van der Waals surface area contributed by atoms with Gasteiger partial charge in [-0.3, -0.25) is 14.0 Å². The van der Waals surface area contributed by atoms with Gasteiger partial charge in [0.25, 0.3) is 5.56 Å². The third-order valence-electron chi connectivity index (χ3n) is 3.02. The van der Waals surface area contributed by atoms with E-state index >= 15 is 0 Å². The van der Waals surface area contributed by atoms with Crippen molar-refractivity contribution in [2.75, 3.05) is 0 Å². The van der Waals surface area contributed by atoms with Gasteiger partial charge >= 0.3 is 0 Å². The Morgan fingerprint density at radius 3 is 2.63 bits per heavy atom. The molecule has 0 atom stereocenters. The van der Waals surface area contributed by atoms with Gasteiger partial charge in [0.2, 0.25) is 0 Å². The van der Waals surface area contributed by atoms with Gasteiger partial charge in [0.15, 0.2) is 0 Å². The Bertz CT molecular complexity index is 675. The molecule has 7 heteroatoms. The highest BCUT2D eigenvalue weighted by atomic mass is 79.9. The minimum atomic E-state index is -0.0846. The van der Waals surface area contributed by atoms with Gasteiger partial charge in [-0.25, -0.2) is 4.98 Å². The second-order valence-electron chi connectivity index (χ2n) is 4.23. The molecule has 2 rings (SSSR count). The van der Waals surface area contributed by atoms with Crippen LogP contribution in [0.4, 0.5) is 0 Å². The Morgan fingerprint density at radius 2 is 2.05 bits per heavy atom. The van der Waals surface area contributed by atoms with E-state index in [9.17, 15) is 4.79 Å². The highest BCUT2D eigenvalue weighted by Gasteiger charge is 2.15. The molecule has 0 aliphatic heterocycles. The monoisotopic (exact) mass is 388 g/mol. The van der Waals surface area contributed by atoms with Gasteiger partial charge in [0.05, 0.1) is 22.4 Å². The molecule has 102 valence electrons. The fourth-order valence-corrected chi connectivity index (χ4v) is 2.94. The predicted molar refractivity (Wildman–Crippen MR) is 80.3 cm³/mol. The summed E-state index contributed by atoms with van der Waals surface area (Å²) in [6.45, 7) is 4.31. The lowest BCUT2D eigenvalue weighted by atomic mass is 10.3. The van der Waals surface area contributed by atoms with Gasteiger partial charge in [0, 0.05) is 13.2 Å². The van der Waals surface area contributed by atoms with Gasteiger partial charge in [0.1, 0.15) is 10.3 Å². The molecular weight excluding hydrogens is 376 g/mol. The number of rotatable bonds is 3. The zero-order chi connectivity index (χ0) is 14.2. The summed E-state index contributed by atoms with van der Waals surface area (Å²) in [6, 6.07) is 0.